The lowest BCUT2D eigenvalue weighted by molar-refractivity contribution is 0.601. The first kappa shape index (κ1) is 7.80. The summed E-state index contributed by atoms with van der Waals surface area (Å²) in [5.74, 6) is 0.717. The molecule has 0 bridgehead atoms. The van der Waals surface area contributed by atoms with Crippen molar-refractivity contribution in [3.8, 4) is 0 Å². The van der Waals surface area contributed by atoms with Crippen molar-refractivity contribution in [2.24, 2.45) is 5.92 Å². The van der Waals surface area contributed by atoms with Crippen LogP contribution in [0.2, 0.25) is 0 Å². The summed E-state index contributed by atoms with van der Waals surface area (Å²) >= 11 is 0. The fourth-order valence-corrected chi connectivity index (χ4v) is 1.39. The minimum Gasteiger partial charge on any atom is -0.313 e. The van der Waals surface area contributed by atoms with Gasteiger partial charge in [0.05, 0.1) is 0 Å². The van der Waals surface area contributed by atoms with Crippen molar-refractivity contribution < 1.29 is 0 Å². The molecule has 1 fully saturated rings. The van der Waals surface area contributed by atoms with Gasteiger partial charge in [-0.1, -0.05) is 25.5 Å². The van der Waals surface area contributed by atoms with Crippen molar-refractivity contribution in [1.82, 2.24) is 5.32 Å². The molecule has 0 aromatic heterocycles. The zero-order valence-electron chi connectivity index (χ0n) is 6.98. The van der Waals surface area contributed by atoms with E-state index in [1.54, 1.807) is 5.57 Å². The average molecular weight is 139 g/mol. The van der Waals surface area contributed by atoms with Crippen LogP contribution in [0.5, 0.6) is 0 Å². The van der Waals surface area contributed by atoms with Crippen LogP contribution in [0.1, 0.15) is 26.7 Å². The van der Waals surface area contributed by atoms with E-state index in [1.165, 1.54) is 19.4 Å². The Morgan fingerprint density at radius 3 is 2.80 bits per heavy atom. The summed E-state index contributed by atoms with van der Waals surface area (Å²) in [6.07, 6.45) is 5.01. The summed E-state index contributed by atoms with van der Waals surface area (Å²) in [5.41, 5.74) is 1.60. The Balaban J connectivity index is 2.37. The van der Waals surface area contributed by atoms with E-state index in [9.17, 15) is 0 Å². The molecule has 1 aliphatic heterocycles. The summed E-state index contributed by atoms with van der Waals surface area (Å²) in [4.78, 5) is 0. The van der Waals surface area contributed by atoms with Crippen LogP contribution in [-0.2, 0) is 0 Å². The molecule has 58 valence electrons. The molecule has 0 spiro atoms. The van der Waals surface area contributed by atoms with Crippen LogP contribution in [-0.4, -0.2) is 13.1 Å². The zero-order chi connectivity index (χ0) is 7.40. The predicted molar refractivity (Wildman–Crippen MR) is 45.0 cm³/mol. The fraction of sp³-hybridized carbons (Fsp3) is 0.778. The van der Waals surface area contributed by atoms with Gasteiger partial charge in [0.15, 0.2) is 0 Å². The minimum atomic E-state index is 0.717. The van der Waals surface area contributed by atoms with Crippen molar-refractivity contribution in [1.29, 1.82) is 0 Å². The van der Waals surface area contributed by atoms with Gasteiger partial charge in [0.2, 0.25) is 0 Å². The highest BCUT2D eigenvalue weighted by Crippen LogP contribution is 2.10. The lowest BCUT2D eigenvalue weighted by Crippen LogP contribution is -2.24. The highest BCUT2D eigenvalue weighted by molar-refractivity contribution is 5.07. The lowest BCUT2D eigenvalue weighted by atomic mass is 10.0. The van der Waals surface area contributed by atoms with Crippen molar-refractivity contribution >= 4 is 0 Å². The van der Waals surface area contributed by atoms with Gasteiger partial charge in [-0.15, -0.1) is 0 Å². The summed E-state index contributed by atoms with van der Waals surface area (Å²) in [5, 5.41) is 3.37. The van der Waals surface area contributed by atoms with Crippen molar-refractivity contribution in [2.75, 3.05) is 13.1 Å². The molecular formula is C9H17N. The maximum Gasteiger partial charge on any atom is 0.0164 e. The van der Waals surface area contributed by atoms with Crippen LogP contribution in [0.3, 0.4) is 0 Å². The first-order chi connectivity index (χ1) is 4.79. The van der Waals surface area contributed by atoms with Gasteiger partial charge in [-0.2, -0.15) is 0 Å². The van der Waals surface area contributed by atoms with Gasteiger partial charge >= 0.3 is 0 Å². The molecule has 0 amide bonds. The quantitative estimate of drug-likeness (QED) is 0.547. The number of piperidine rings is 1. The Kier molecular flexibility index (Phi) is 2.94. The van der Waals surface area contributed by atoms with Gasteiger partial charge < -0.3 is 5.32 Å². The second kappa shape index (κ2) is 3.77. The van der Waals surface area contributed by atoms with E-state index >= 15 is 0 Å². The first-order valence-electron chi connectivity index (χ1n) is 4.19. The third-order valence-electron chi connectivity index (χ3n) is 1.77. The summed E-state index contributed by atoms with van der Waals surface area (Å²) in [6, 6.07) is 0. The summed E-state index contributed by atoms with van der Waals surface area (Å²) in [6.45, 7) is 6.80. The molecule has 0 atom stereocenters. The second-order valence-corrected chi connectivity index (χ2v) is 3.35. The van der Waals surface area contributed by atoms with Gasteiger partial charge in [0.1, 0.15) is 0 Å². The number of hydrogen-bond donors (Lipinski definition) is 1. The highest BCUT2D eigenvalue weighted by Gasteiger charge is 2.03. The molecule has 1 N–H and O–H groups in total. The fourth-order valence-electron chi connectivity index (χ4n) is 1.39. The smallest absolute Gasteiger partial charge is 0.0164 e. The van der Waals surface area contributed by atoms with E-state index in [1.807, 2.05) is 0 Å². The molecule has 0 unspecified atom stereocenters. The van der Waals surface area contributed by atoms with Crippen molar-refractivity contribution in [3.63, 3.8) is 0 Å². The molecule has 0 aromatic carbocycles. The maximum absolute atomic E-state index is 3.37. The van der Waals surface area contributed by atoms with Crippen LogP contribution >= 0.6 is 0 Å². The number of hydrogen-bond acceptors (Lipinski definition) is 1. The van der Waals surface area contributed by atoms with Crippen LogP contribution in [0.15, 0.2) is 11.6 Å². The molecule has 1 aliphatic rings. The second-order valence-electron chi connectivity index (χ2n) is 3.35. The topological polar surface area (TPSA) is 12.0 Å². The molecule has 0 aliphatic carbocycles. The van der Waals surface area contributed by atoms with Gasteiger partial charge in [-0.3, -0.25) is 0 Å². The van der Waals surface area contributed by atoms with E-state index < -0.39 is 0 Å². The Morgan fingerprint density at radius 1 is 1.50 bits per heavy atom. The van der Waals surface area contributed by atoms with Crippen LogP contribution < -0.4 is 5.32 Å². The van der Waals surface area contributed by atoms with Gasteiger partial charge in [-0.25, -0.2) is 0 Å². The number of allylic oxidation sites excluding steroid dienone is 1. The minimum absolute atomic E-state index is 0.717. The third kappa shape index (κ3) is 2.53. The van der Waals surface area contributed by atoms with Crippen molar-refractivity contribution in [3.05, 3.63) is 11.6 Å². The largest absolute Gasteiger partial charge is 0.313 e. The number of nitrogens with one attached hydrogen (secondary N) is 1. The highest BCUT2D eigenvalue weighted by atomic mass is 14.9. The Bertz CT molecular complexity index is 117. The normalized spacial score (nSPS) is 24.1. The average Bonchev–Trinajstić information content (AvgIpc) is 1.88. The molecule has 1 rings (SSSR count). The van der Waals surface area contributed by atoms with E-state index in [0.29, 0.717) is 0 Å². The molecule has 0 aromatic rings. The molecule has 0 radical (unpaired) electrons. The SMILES string of the molecule is CC(C)C=C1CCCNC1. The van der Waals surface area contributed by atoms with Crippen molar-refractivity contribution in [2.45, 2.75) is 26.7 Å². The molecule has 1 heteroatoms. The first-order valence-corrected chi connectivity index (χ1v) is 4.19. The molecule has 1 nitrogen and oxygen atoms in total. The van der Waals surface area contributed by atoms with E-state index in [-0.39, 0.29) is 0 Å². The summed E-state index contributed by atoms with van der Waals surface area (Å²) < 4.78 is 0. The molecule has 0 saturated carbocycles. The van der Waals surface area contributed by atoms with Crippen LogP contribution in [0, 0.1) is 5.92 Å². The molecular weight excluding hydrogens is 122 g/mol. The number of rotatable bonds is 1. The monoisotopic (exact) mass is 139 g/mol. The standard InChI is InChI=1S/C9H17N/c1-8(2)6-9-4-3-5-10-7-9/h6,8,10H,3-5,7H2,1-2H3. The van der Waals surface area contributed by atoms with E-state index in [2.05, 4.69) is 25.2 Å². The van der Waals surface area contributed by atoms with Gasteiger partial charge in [0.25, 0.3) is 0 Å². The summed E-state index contributed by atoms with van der Waals surface area (Å²) in [7, 11) is 0. The van der Waals surface area contributed by atoms with Gasteiger partial charge in [0, 0.05) is 6.54 Å². The van der Waals surface area contributed by atoms with E-state index in [4.69, 9.17) is 0 Å². The molecule has 1 saturated heterocycles. The maximum atomic E-state index is 3.37. The van der Waals surface area contributed by atoms with E-state index in [0.717, 1.165) is 12.5 Å². The Morgan fingerprint density at radius 2 is 2.30 bits per heavy atom. The van der Waals surface area contributed by atoms with Crippen LogP contribution in [0.4, 0.5) is 0 Å². The molecule has 1 heterocycles. The third-order valence-corrected chi connectivity index (χ3v) is 1.77. The molecule has 10 heavy (non-hydrogen) atoms. The predicted octanol–water partition coefficient (Wildman–Crippen LogP) is 1.95. The van der Waals surface area contributed by atoms with Gasteiger partial charge in [-0.05, 0) is 25.3 Å². The Hall–Kier alpha value is -0.300. The lowest BCUT2D eigenvalue weighted by Gasteiger charge is -2.15. The Labute approximate surface area is 63.5 Å². The van der Waals surface area contributed by atoms with Crippen LogP contribution in [0.25, 0.3) is 0 Å². The zero-order valence-corrected chi connectivity index (χ0v) is 6.98.